The average Bonchev–Trinajstić information content (AvgIpc) is 2.76. The van der Waals surface area contributed by atoms with Gasteiger partial charge in [-0.3, -0.25) is 9.89 Å². The molecule has 5 nitrogen and oxygen atoms in total. The molecule has 1 aromatic carbocycles. The summed E-state index contributed by atoms with van der Waals surface area (Å²) in [6, 6.07) is 7.52. The standard InChI is InChI=1S/C15H19N3O2/c1-10-14(11(2)18-17-10)9-16-15(19)8-12-5-4-6-13(7-12)20-3/h4-7H,8-9H2,1-3H3,(H,16,19)(H,17,18). The lowest BCUT2D eigenvalue weighted by Gasteiger charge is -2.07. The fourth-order valence-electron chi connectivity index (χ4n) is 2.05. The van der Waals surface area contributed by atoms with Gasteiger partial charge in [0.2, 0.25) is 5.91 Å². The Morgan fingerprint density at radius 2 is 2.20 bits per heavy atom. The van der Waals surface area contributed by atoms with Gasteiger partial charge in [-0.2, -0.15) is 5.10 Å². The van der Waals surface area contributed by atoms with Crippen molar-refractivity contribution in [1.29, 1.82) is 0 Å². The molecule has 5 heteroatoms. The van der Waals surface area contributed by atoms with Gasteiger partial charge in [0.05, 0.1) is 19.2 Å². The molecule has 1 amide bonds. The highest BCUT2D eigenvalue weighted by molar-refractivity contribution is 5.78. The Morgan fingerprint density at radius 1 is 1.40 bits per heavy atom. The van der Waals surface area contributed by atoms with Gasteiger partial charge in [0, 0.05) is 17.8 Å². The number of nitrogens with one attached hydrogen (secondary N) is 2. The van der Waals surface area contributed by atoms with E-state index < -0.39 is 0 Å². The number of H-pyrrole nitrogens is 1. The number of carbonyl (C=O) groups is 1. The molecule has 0 radical (unpaired) electrons. The minimum atomic E-state index is -0.0155. The molecule has 2 aromatic rings. The van der Waals surface area contributed by atoms with E-state index in [0.717, 1.165) is 28.3 Å². The lowest BCUT2D eigenvalue weighted by atomic mass is 10.1. The Hall–Kier alpha value is -2.30. The number of methoxy groups -OCH3 is 1. The number of hydrogen-bond donors (Lipinski definition) is 2. The summed E-state index contributed by atoms with van der Waals surface area (Å²) in [7, 11) is 1.61. The lowest BCUT2D eigenvalue weighted by molar-refractivity contribution is -0.120. The average molecular weight is 273 g/mol. The topological polar surface area (TPSA) is 67.0 Å². The van der Waals surface area contributed by atoms with Crippen LogP contribution in [0.25, 0.3) is 0 Å². The zero-order chi connectivity index (χ0) is 14.5. The second-order valence-corrected chi connectivity index (χ2v) is 4.72. The smallest absolute Gasteiger partial charge is 0.224 e. The van der Waals surface area contributed by atoms with Gasteiger partial charge in [-0.15, -0.1) is 0 Å². The number of benzene rings is 1. The molecule has 106 valence electrons. The number of aryl methyl sites for hydroxylation is 2. The van der Waals surface area contributed by atoms with E-state index in [-0.39, 0.29) is 5.91 Å². The zero-order valence-corrected chi connectivity index (χ0v) is 12.0. The number of amides is 1. The van der Waals surface area contributed by atoms with E-state index in [0.29, 0.717) is 13.0 Å². The zero-order valence-electron chi connectivity index (χ0n) is 12.0. The molecule has 0 unspecified atom stereocenters. The van der Waals surface area contributed by atoms with Gasteiger partial charge in [-0.1, -0.05) is 12.1 Å². The number of carbonyl (C=O) groups excluding carboxylic acids is 1. The van der Waals surface area contributed by atoms with Gasteiger partial charge < -0.3 is 10.1 Å². The van der Waals surface area contributed by atoms with Crippen molar-refractivity contribution in [1.82, 2.24) is 15.5 Å². The second kappa shape index (κ2) is 6.23. The van der Waals surface area contributed by atoms with Crippen LogP contribution in [0, 0.1) is 13.8 Å². The molecule has 1 aromatic heterocycles. The third-order valence-corrected chi connectivity index (χ3v) is 3.24. The van der Waals surface area contributed by atoms with Crippen molar-refractivity contribution >= 4 is 5.91 Å². The Morgan fingerprint density at radius 3 is 2.85 bits per heavy atom. The monoisotopic (exact) mass is 273 g/mol. The molecule has 0 atom stereocenters. The number of hydrogen-bond acceptors (Lipinski definition) is 3. The molecular weight excluding hydrogens is 254 g/mol. The fourth-order valence-corrected chi connectivity index (χ4v) is 2.05. The third kappa shape index (κ3) is 3.38. The summed E-state index contributed by atoms with van der Waals surface area (Å²) in [6.45, 7) is 4.37. The van der Waals surface area contributed by atoms with Crippen molar-refractivity contribution in [2.24, 2.45) is 0 Å². The quantitative estimate of drug-likeness (QED) is 0.874. The minimum Gasteiger partial charge on any atom is -0.497 e. The van der Waals surface area contributed by atoms with Gasteiger partial charge in [0.25, 0.3) is 0 Å². The maximum atomic E-state index is 11.9. The van der Waals surface area contributed by atoms with Crippen LogP contribution in [0.1, 0.15) is 22.5 Å². The Labute approximate surface area is 118 Å². The Balaban J connectivity index is 1.92. The van der Waals surface area contributed by atoms with E-state index in [4.69, 9.17) is 4.74 Å². The number of nitrogens with zero attached hydrogens (tertiary/aromatic N) is 1. The molecule has 2 N–H and O–H groups in total. The van der Waals surface area contributed by atoms with Crippen LogP contribution in [0.4, 0.5) is 0 Å². The summed E-state index contributed by atoms with van der Waals surface area (Å²) >= 11 is 0. The summed E-state index contributed by atoms with van der Waals surface area (Å²) in [5.74, 6) is 0.745. The molecule has 0 aliphatic rings. The molecule has 0 bridgehead atoms. The second-order valence-electron chi connectivity index (χ2n) is 4.72. The molecule has 20 heavy (non-hydrogen) atoms. The van der Waals surface area contributed by atoms with Crippen molar-refractivity contribution in [3.05, 3.63) is 46.8 Å². The summed E-state index contributed by atoms with van der Waals surface area (Å²) in [5, 5.41) is 9.93. The highest BCUT2D eigenvalue weighted by atomic mass is 16.5. The molecule has 0 saturated carbocycles. The maximum absolute atomic E-state index is 11.9. The van der Waals surface area contributed by atoms with Crippen molar-refractivity contribution in [3.63, 3.8) is 0 Å². The first-order valence-electron chi connectivity index (χ1n) is 6.50. The summed E-state index contributed by atoms with van der Waals surface area (Å²) in [6.07, 6.45) is 0.340. The van der Waals surface area contributed by atoms with Crippen LogP contribution in [-0.2, 0) is 17.8 Å². The van der Waals surface area contributed by atoms with E-state index in [2.05, 4.69) is 15.5 Å². The van der Waals surface area contributed by atoms with Gasteiger partial charge in [0.1, 0.15) is 5.75 Å². The van der Waals surface area contributed by atoms with E-state index in [1.165, 1.54) is 0 Å². The van der Waals surface area contributed by atoms with Crippen LogP contribution < -0.4 is 10.1 Å². The van der Waals surface area contributed by atoms with Gasteiger partial charge in [-0.25, -0.2) is 0 Å². The van der Waals surface area contributed by atoms with Gasteiger partial charge in [0.15, 0.2) is 0 Å². The molecule has 0 fully saturated rings. The number of aromatic nitrogens is 2. The predicted octanol–water partition coefficient (Wildman–Crippen LogP) is 1.89. The SMILES string of the molecule is COc1cccc(CC(=O)NCc2c(C)n[nH]c2C)c1. The van der Waals surface area contributed by atoms with Gasteiger partial charge in [-0.05, 0) is 31.5 Å². The van der Waals surface area contributed by atoms with Crippen LogP contribution in [0.3, 0.4) is 0 Å². The fraction of sp³-hybridized carbons (Fsp3) is 0.333. The van der Waals surface area contributed by atoms with E-state index in [9.17, 15) is 4.79 Å². The number of aromatic amines is 1. The molecule has 2 rings (SSSR count). The number of rotatable bonds is 5. The van der Waals surface area contributed by atoms with Crippen molar-refractivity contribution < 1.29 is 9.53 Å². The Kier molecular flexibility index (Phi) is 4.40. The largest absolute Gasteiger partial charge is 0.497 e. The summed E-state index contributed by atoms with van der Waals surface area (Å²) in [4.78, 5) is 11.9. The van der Waals surface area contributed by atoms with E-state index in [1.807, 2.05) is 38.1 Å². The summed E-state index contributed by atoms with van der Waals surface area (Å²) < 4.78 is 5.14. The predicted molar refractivity (Wildman–Crippen MR) is 76.6 cm³/mol. The van der Waals surface area contributed by atoms with Crippen LogP contribution >= 0.6 is 0 Å². The van der Waals surface area contributed by atoms with Crippen LogP contribution in [-0.4, -0.2) is 23.2 Å². The van der Waals surface area contributed by atoms with E-state index in [1.54, 1.807) is 7.11 Å². The molecule has 1 heterocycles. The third-order valence-electron chi connectivity index (χ3n) is 3.24. The molecule has 0 spiro atoms. The minimum absolute atomic E-state index is 0.0155. The highest BCUT2D eigenvalue weighted by Gasteiger charge is 2.09. The summed E-state index contributed by atoms with van der Waals surface area (Å²) in [5.41, 5.74) is 3.89. The molecule has 0 aliphatic heterocycles. The van der Waals surface area contributed by atoms with Crippen LogP contribution in [0.2, 0.25) is 0 Å². The maximum Gasteiger partial charge on any atom is 0.224 e. The normalized spacial score (nSPS) is 10.3. The van der Waals surface area contributed by atoms with Crippen molar-refractivity contribution in [3.8, 4) is 5.75 Å². The first kappa shape index (κ1) is 14.1. The first-order valence-corrected chi connectivity index (χ1v) is 6.50. The van der Waals surface area contributed by atoms with Crippen molar-refractivity contribution in [2.45, 2.75) is 26.8 Å². The van der Waals surface area contributed by atoms with Gasteiger partial charge >= 0.3 is 0 Å². The van der Waals surface area contributed by atoms with E-state index >= 15 is 0 Å². The molecular formula is C15H19N3O2. The molecule has 0 aliphatic carbocycles. The number of ether oxygens (including phenoxy) is 1. The molecule has 0 saturated heterocycles. The van der Waals surface area contributed by atoms with Crippen LogP contribution in [0.15, 0.2) is 24.3 Å². The lowest BCUT2D eigenvalue weighted by Crippen LogP contribution is -2.25. The highest BCUT2D eigenvalue weighted by Crippen LogP contribution is 2.13. The van der Waals surface area contributed by atoms with Crippen molar-refractivity contribution in [2.75, 3.05) is 7.11 Å². The van der Waals surface area contributed by atoms with Crippen LogP contribution in [0.5, 0.6) is 5.75 Å². The first-order chi connectivity index (χ1) is 9.60. The Bertz CT molecular complexity index is 585.